The predicted octanol–water partition coefficient (Wildman–Crippen LogP) is 1.45. The number of nitrogens with zero attached hydrogens (tertiary/aromatic N) is 2. The highest BCUT2D eigenvalue weighted by Crippen LogP contribution is 2.03. The van der Waals surface area contributed by atoms with Crippen molar-refractivity contribution in [2.75, 3.05) is 7.11 Å². The lowest BCUT2D eigenvalue weighted by molar-refractivity contribution is 0.0600. The fourth-order valence-electron chi connectivity index (χ4n) is 1.55. The Balaban J connectivity index is 1.84. The molecular formula is C13H15N3O3. The average Bonchev–Trinajstić information content (AvgIpc) is 2.84. The van der Waals surface area contributed by atoms with Crippen LogP contribution in [-0.4, -0.2) is 23.0 Å². The molecule has 0 radical (unpaired) electrons. The van der Waals surface area contributed by atoms with Crippen molar-refractivity contribution in [2.24, 2.45) is 0 Å². The van der Waals surface area contributed by atoms with Crippen LogP contribution in [-0.2, 0) is 17.8 Å². The second kappa shape index (κ2) is 6.10. The summed E-state index contributed by atoms with van der Waals surface area (Å²) in [7, 11) is 1.34. The Labute approximate surface area is 110 Å². The van der Waals surface area contributed by atoms with E-state index in [1.807, 2.05) is 6.92 Å². The highest BCUT2D eigenvalue weighted by molar-refractivity contribution is 5.88. The average molecular weight is 261 g/mol. The predicted molar refractivity (Wildman–Crippen MR) is 67.4 cm³/mol. The smallest absolute Gasteiger partial charge is 0.339 e. The summed E-state index contributed by atoms with van der Waals surface area (Å²) in [5.74, 6) is 1.04. The molecule has 0 saturated carbocycles. The quantitative estimate of drug-likeness (QED) is 0.821. The first kappa shape index (κ1) is 13.2. The van der Waals surface area contributed by atoms with Gasteiger partial charge in [-0.2, -0.15) is 0 Å². The van der Waals surface area contributed by atoms with Crippen LogP contribution in [0.1, 0.15) is 27.7 Å². The molecule has 0 amide bonds. The van der Waals surface area contributed by atoms with Crippen LogP contribution >= 0.6 is 0 Å². The zero-order valence-corrected chi connectivity index (χ0v) is 10.8. The molecule has 6 nitrogen and oxygen atoms in total. The van der Waals surface area contributed by atoms with Gasteiger partial charge in [-0.3, -0.25) is 4.98 Å². The molecule has 2 aromatic heterocycles. The summed E-state index contributed by atoms with van der Waals surface area (Å²) >= 11 is 0. The summed E-state index contributed by atoms with van der Waals surface area (Å²) in [4.78, 5) is 19.5. The lowest BCUT2D eigenvalue weighted by Crippen LogP contribution is -2.14. The summed E-state index contributed by atoms with van der Waals surface area (Å²) in [6, 6.07) is 3.46. The molecule has 2 rings (SSSR count). The minimum absolute atomic E-state index is 0.387. The molecule has 0 aliphatic rings. The van der Waals surface area contributed by atoms with Gasteiger partial charge in [-0.05, 0) is 19.1 Å². The van der Waals surface area contributed by atoms with Crippen molar-refractivity contribution in [1.82, 2.24) is 15.3 Å². The number of rotatable bonds is 5. The van der Waals surface area contributed by atoms with Crippen LogP contribution < -0.4 is 5.32 Å². The Bertz CT molecular complexity index is 549. The first-order valence-corrected chi connectivity index (χ1v) is 5.84. The lowest BCUT2D eigenvalue weighted by atomic mass is 10.2. The Kier molecular flexibility index (Phi) is 4.25. The van der Waals surface area contributed by atoms with E-state index in [-0.39, 0.29) is 5.97 Å². The summed E-state index contributed by atoms with van der Waals surface area (Å²) < 4.78 is 9.93. The van der Waals surface area contributed by atoms with Crippen molar-refractivity contribution < 1.29 is 13.9 Å². The highest BCUT2D eigenvalue weighted by Gasteiger charge is 2.05. The van der Waals surface area contributed by atoms with E-state index in [0.29, 0.717) is 24.5 Å². The van der Waals surface area contributed by atoms with Crippen molar-refractivity contribution in [2.45, 2.75) is 20.0 Å². The van der Waals surface area contributed by atoms with E-state index in [2.05, 4.69) is 20.0 Å². The first-order valence-electron chi connectivity index (χ1n) is 5.84. The number of ether oxygens (including phenoxy) is 1. The number of pyridine rings is 1. The Morgan fingerprint density at radius 3 is 2.74 bits per heavy atom. The number of methoxy groups -OCH3 is 1. The molecule has 19 heavy (non-hydrogen) atoms. The SMILES string of the molecule is COC(=O)c1ccc(CNCc2ncc(C)o2)nc1. The Morgan fingerprint density at radius 1 is 1.32 bits per heavy atom. The van der Waals surface area contributed by atoms with Crippen LogP contribution in [0.15, 0.2) is 28.9 Å². The molecule has 0 bridgehead atoms. The molecule has 0 spiro atoms. The zero-order valence-electron chi connectivity index (χ0n) is 10.8. The van der Waals surface area contributed by atoms with Crippen molar-refractivity contribution in [3.63, 3.8) is 0 Å². The maximum Gasteiger partial charge on any atom is 0.339 e. The van der Waals surface area contributed by atoms with Gasteiger partial charge in [0, 0.05) is 12.7 Å². The van der Waals surface area contributed by atoms with Crippen LogP contribution in [0.3, 0.4) is 0 Å². The molecular weight excluding hydrogens is 246 g/mol. The van der Waals surface area contributed by atoms with Gasteiger partial charge in [-0.25, -0.2) is 9.78 Å². The molecule has 1 N–H and O–H groups in total. The first-order chi connectivity index (χ1) is 9.19. The third-order valence-electron chi connectivity index (χ3n) is 2.50. The summed E-state index contributed by atoms with van der Waals surface area (Å²) in [6.07, 6.45) is 3.18. The number of aromatic nitrogens is 2. The van der Waals surface area contributed by atoms with Crippen LogP contribution in [0.25, 0.3) is 0 Å². The van der Waals surface area contributed by atoms with Gasteiger partial charge in [0.25, 0.3) is 0 Å². The Hall–Kier alpha value is -2.21. The van der Waals surface area contributed by atoms with Gasteiger partial charge in [0.05, 0.1) is 31.1 Å². The number of nitrogens with one attached hydrogen (secondary N) is 1. The van der Waals surface area contributed by atoms with E-state index in [1.54, 1.807) is 18.3 Å². The summed E-state index contributed by atoms with van der Waals surface area (Å²) in [5, 5.41) is 3.16. The van der Waals surface area contributed by atoms with E-state index in [1.165, 1.54) is 13.3 Å². The summed E-state index contributed by atoms with van der Waals surface area (Å²) in [6.45, 7) is 2.96. The second-order valence-corrected chi connectivity index (χ2v) is 4.00. The maximum atomic E-state index is 11.2. The minimum atomic E-state index is -0.387. The lowest BCUT2D eigenvalue weighted by Gasteiger charge is -2.03. The molecule has 2 aromatic rings. The van der Waals surface area contributed by atoms with Crippen molar-refractivity contribution >= 4 is 5.97 Å². The fraction of sp³-hybridized carbons (Fsp3) is 0.308. The fourth-order valence-corrected chi connectivity index (χ4v) is 1.55. The maximum absolute atomic E-state index is 11.2. The van der Waals surface area contributed by atoms with Gasteiger partial charge >= 0.3 is 5.97 Å². The van der Waals surface area contributed by atoms with Crippen molar-refractivity contribution in [3.05, 3.63) is 47.4 Å². The standard InChI is InChI=1S/C13H15N3O3/c1-9-5-16-12(19-9)8-14-7-11-4-3-10(6-15-11)13(17)18-2/h3-6,14H,7-8H2,1-2H3. The van der Waals surface area contributed by atoms with Crippen LogP contribution in [0, 0.1) is 6.92 Å². The van der Waals surface area contributed by atoms with Crippen molar-refractivity contribution in [3.8, 4) is 0 Å². The molecule has 100 valence electrons. The third kappa shape index (κ3) is 3.62. The third-order valence-corrected chi connectivity index (χ3v) is 2.50. The molecule has 0 aliphatic carbocycles. The molecule has 0 saturated heterocycles. The molecule has 6 heteroatoms. The zero-order chi connectivity index (χ0) is 13.7. The number of oxazole rings is 1. The second-order valence-electron chi connectivity index (χ2n) is 4.00. The van der Waals surface area contributed by atoms with Gasteiger partial charge in [-0.1, -0.05) is 0 Å². The largest absolute Gasteiger partial charge is 0.465 e. The van der Waals surface area contributed by atoms with Gasteiger partial charge in [0.15, 0.2) is 0 Å². The number of aryl methyl sites for hydroxylation is 1. The van der Waals surface area contributed by atoms with Crippen LogP contribution in [0.5, 0.6) is 0 Å². The van der Waals surface area contributed by atoms with Gasteiger partial charge in [0.2, 0.25) is 5.89 Å². The number of carbonyl (C=O) groups is 1. The van der Waals surface area contributed by atoms with E-state index in [0.717, 1.165) is 11.5 Å². The van der Waals surface area contributed by atoms with E-state index >= 15 is 0 Å². The molecule has 0 aromatic carbocycles. The molecule has 2 heterocycles. The highest BCUT2D eigenvalue weighted by atomic mass is 16.5. The number of hydrogen-bond acceptors (Lipinski definition) is 6. The molecule has 0 aliphatic heterocycles. The molecule has 0 fully saturated rings. The van der Waals surface area contributed by atoms with E-state index in [4.69, 9.17) is 4.42 Å². The molecule has 0 atom stereocenters. The Morgan fingerprint density at radius 2 is 2.16 bits per heavy atom. The van der Waals surface area contributed by atoms with Crippen LogP contribution in [0.2, 0.25) is 0 Å². The summed E-state index contributed by atoms with van der Waals surface area (Å²) in [5.41, 5.74) is 1.27. The van der Waals surface area contributed by atoms with Crippen LogP contribution in [0.4, 0.5) is 0 Å². The number of esters is 1. The van der Waals surface area contributed by atoms with Gasteiger partial charge in [-0.15, -0.1) is 0 Å². The van der Waals surface area contributed by atoms with E-state index in [9.17, 15) is 4.79 Å². The van der Waals surface area contributed by atoms with Crippen molar-refractivity contribution in [1.29, 1.82) is 0 Å². The topological polar surface area (TPSA) is 77.2 Å². The van der Waals surface area contributed by atoms with E-state index < -0.39 is 0 Å². The van der Waals surface area contributed by atoms with Gasteiger partial charge in [0.1, 0.15) is 5.76 Å². The number of hydrogen-bond donors (Lipinski definition) is 1. The van der Waals surface area contributed by atoms with Gasteiger partial charge < -0.3 is 14.5 Å². The monoisotopic (exact) mass is 261 g/mol. The number of carbonyl (C=O) groups excluding carboxylic acids is 1. The minimum Gasteiger partial charge on any atom is -0.465 e. The molecule has 0 unspecified atom stereocenters. The normalized spacial score (nSPS) is 10.4.